The van der Waals surface area contributed by atoms with E-state index in [0.29, 0.717) is 24.7 Å². The van der Waals surface area contributed by atoms with E-state index in [-0.39, 0.29) is 28.9 Å². The first-order valence-electron chi connectivity index (χ1n) is 11.0. The van der Waals surface area contributed by atoms with Crippen molar-refractivity contribution in [1.29, 1.82) is 0 Å². The highest BCUT2D eigenvalue weighted by Crippen LogP contribution is 2.26. The summed E-state index contributed by atoms with van der Waals surface area (Å²) in [7, 11) is 4.40. The van der Waals surface area contributed by atoms with E-state index in [1.807, 2.05) is 0 Å². The number of hydrogen-bond acceptors (Lipinski definition) is 6. The van der Waals surface area contributed by atoms with Crippen molar-refractivity contribution in [2.75, 3.05) is 34.3 Å². The van der Waals surface area contributed by atoms with Crippen LogP contribution < -0.4 is 4.74 Å². The summed E-state index contributed by atoms with van der Waals surface area (Å²) < 4.78 is 19.7. The monoisotopic (exact) mass is 467 g/mol. The Hall–Kier alpha value is -3.82. The number of likely N-dealkylation sites (N-methyl/N-ethyl adjacent to an activating group) is 1. The zero-order valence-corrected chi connectivity index (χ0v) is 19.3. The molecule has 4 rings (SSSR count). The molecule has 0 saturated carbocycles. The molecule has 2 aromatic heterocycles. The van der Waals surface area contributed by atoms with Crippen LogP contribution in [-0.2, 0) is 11.2 Å². The molecule has 0 unspecified atom stereocenters. The first-order valence-corrected chi connectivity index (χ1v) is 11.0. The molecule has 0 bridgehead atoms. The summed E-state index contributed by atoms with van der Waals surface area (Å²) in [5.74, 6) is -1.41. The minimum Gasteiger partial charge on any atom is -0.494 e. The lowest BCUT2D eigenvalue weighted by atomic mass is 9.90. The minimum absolute atomic E-state index is 0.0246. The maximum atomic E-state index is 13.3. The number of Topliss-reactive ketones (excluding diaryl/α,β-unsaturated/α-hetero) is 1. The number of piperidine rings is 1. The molecule has 1 aliphatic heterocycles. The number of carbonyl (C=O) groups is 3. The van der Waals surface area contributed by atoms with Gasteiger partial charge in [-0.25, -0.2) is 13.9 Å². The summed E-state index contributed by atoms with van der Waals surface area (Å²) in [5.41, 5.74) is 1.39. The molecule has 3 aromatic rings. The standard InChI is InChI=1S/C24H26FN5O4/c1-28(2)24(33)22(31)18-14-26-20-13-19(34-3)21(27-30(18)20)23(32)29-10-8-16(9-11-29)12-15-4-6-17(25)7-5-15/h4-7,13-14,16H,8-12H2,1-3H3. The Morgan fingerprint density at radius 2 is 1.82 bits per heavy atom. The van der Waals surface area contributed by atoms with Crippen molar-refractivity contribution in [3.8, 4) is 5.75 Å². The summed E-state index contributed by atoms with van der Waals surface area (Å²) in [6.45, 7) is 1.09. The van der Waals surface area contributed by atoms with Gasteiger partial charge < -0.3 is 14.5 Å². The normalized spacial score (nSPS) is 14.3. The van der Waals surface area contributed by atoms with Crippen LogP contribution in [0.15, 0.2) is 36.5 Å². The lowest BCUT2D eigenvalue weighted by Crippen LogP contribution is -2.39. The maximum Gasteiger partial charge on any atom is 0.296 e. The Bertz CT molecular complexity index is 1230. The predicted octanol–water partition coefficient (Wildman–Crippen LogP) is 2.24. The van der Waals surface area contributed by atoms with E-state index >= 15 is 0 Å². The van der Waals surface area contributed by atoms with Crippen LogP contribution in [0.2, 0.25) is 0 Å². The van der Waals surface area contributed by atoms with Crippen LogP contribution in [-0.4, -0.2) is 76.3 Å². The molecule has 0 atom stereocenters. The summed E-state index contributed by atoms with van der Waals surface area (Å²) >= 11 is 0. The van der Waals surface area contributed by atoms with Crippen molar-refractivity contribution < 1.29 is 23.5 Å². The molecule has 0 N–H and O–H groups in total. The van der Waals surface area contributed by atoms with Crippen molar-refractivity contribution in [3.63, 3.8) is 0 Å². The van der Waals surface area contributed by atoms with Gasteiger partial charge in [-0.1, -0.05) is 12.1 Å². The largest absolute Gasteiger partial charge is 0.494 e. The fourth-order valence-corrected chi connectivity index (χ4v) is 4.11. The number of hydrogen-bond donors (Lipinski definition) is 0. The van der Waals surface area contributed by atoms with Gasteiger partial charge in [-0.2, -0.15) is 5.10 Å². The van der Waals surface area contributed by atoms with E-state index in [9.17, 15) is 18.8 Å². The topological polar surface area (TPSA) is 97.1 Å². The van der Waals surface area contributed by atoms with Crippen LogP contribution in [0.5, 0.6) is 5.75 Å². The molecule has 178 valence electrons. The van der Waals surface area contributed by atoms with Gasteiger partial charge in [0.2, 0.25) is 0 Å². The Labute approximate surface area is 196 Å². The second kappa shape index (κ2) is 9.58. The molecule has 0 radical (unpaired) electrons. The zero-order valence-electron chi connectivity index (χ0n) is 19.3. The third-order valence-corrected chi connectivity index (χ3v) is 6.05. The molecule has 34 heavy (non-hydrogen) atoms. The van der Waals surface area contributed by atoms with Gasteiger partial charge in [-0.3, -0.25) is 14.4 Å². The molecule has 1 aliphatic rings. The number of fused-ring (bicyclic) bond motifs is 1. The van der Waals surface area contributed by atoms with E-state index in [1.54, 1.807) is 17.0 Å². The van der Waals surface area contributed by atoms with Crippen LogP contribution >= 0.6 is 0 Å². The van der Waals surface area contributed by atoms with E-state index in [1.165, 1.54) is 55.0 Å². The number of imidazole rings is 1. The van der Waals surface area contributed by atoms with Crippen molar-refractivity contribution in [2.45, 2.75) is 19.3 Å². The van der Waals surface area contributed by atoms with Gasteiger partial charge >= 0.3 is 0 Å². The maximum absolute atomic E-state index is 13.3. The van der Waals surface area contributed by atoms with E-state index < -0.39 is 11.7 Å². The van der Waals surface area contributed by atoms with Gasteiger partial charge in [0, 0.05) is 33.3 Å². The van der Waals surface area contributed by atoms with Crippen LogP contribution in [0.3, 0.4) is 0 Å². The Kier molecular flexibility index (Phi) is 6.58. The zero-order chi connectivity index (χ0) is 24.4. The molecule has 0 spiro atoms. The van der Waals surface area contributed by atoms with Crippen molar-refractivity contribution in [1.82, 2.24) is 24.4 Å². The second-order valence-electron chi connectivity index (χ2n) is 8.57. The van der Waals surface area contributed by atoms with Gasteiger partial charge in [-0.05, 0) is 42.9 Å². The van der Waals surface area contributed by atoms with Crippen LogP contribution in [0, 0.1) is 11.7 Å². The number of methoxy groups -OCH3 is 1. The van der Waals surface area contributed by atoms with Gasteiger partial charge in [-0.15, -0.1) is 0 Å². The molecular formula is C24H26FN5O4. The average Bonchev–Trinajstić information content (AvgIpc) is 3.26. The summed E-state index contributed by atoms with van der Waals surface area (Å²) in [4.78, 5) is 45.0. The first kappa shape index (κ1) is 23.3. The number of carbonyl (C=O) groups excluding carboxylic acids is 3. The van der Waals surface area contributed by atoms with Gasteiger partial charge in [0.15, 0.2) is 17.1 Å². The fraction of sp³-hybridized carbons (Fsp3) is 0.375. The quantitative estimate of drug-likeness (QED) is 0.408. The van der Waals surface area contributed by atoms with E-state index in [0.717, 1.165) is 24.8 Å². The first-order chi connectivity index (χ1) is 16.3. The lowest BCUT2D eigenvalue weighted by molar-refractivity contribution is -0.124. The number of likely N-dealkylation sites (tertiary alicyclic amines) is 1. The molecule has 3 heterocycles. The average molecular weight is 468 g/mol. The third kappa shape index (κ3) is 4.61. The summed E-state index contributed by atoms with van der Waals surface area (Å²) in [5, 5.41) is 4.35. The van der Waals surface area contributed by atoms with Crippen molar-refractivity contribution in [3.05, 3.63) is 59.3 Å². The number of amides is 2. The highest BCUT2D eigenvalue weighted by atomic mass is 19.1. The van der Waals surface area contributed by atoms with Gasteiger partial charge in [0.05, 0.1) is 13.3 Å². The van der Waals surface area contributed by atoms with Crippen molar-refractivity contribution >= 4 is 23.2 Å². The highest BCUT2D eigenvalue weighted by Gasteiger charge is 2.29. The van der Waals surface area contributed by atoms with E-state index in [2.05, 4.69) is 10.1 Å². The molecule has 1 fully saturated rings. The number of ether oxygens (including phenoxy) is 1. The fourth-order valence-electron chi connectivity index (χ4n) is 4.11. The number of aromatic nitrogens is 3. The third-order valence-electron chi connectivity index (χ3n) is 6.05. The molecule has 2 amide bonds. The Balaban J connectivity index is 1.52. The molecule has 1 aromatic carbocycles. The molecule has 0 aliphatic carbocycles. The predicted molar refractivity (Wildman–Crippen MR) is 121 cm³/mol. The van der Waals surface area contributed by atoms with Crippen LogP contribution in [0.4, 0.5) is 4.39 Å². The smallest absolute Gasteiger partial charge is 0.296 e. The number of benzene rings is 1. The van der Waals surface area contributed by atoms with Crippen molar-refractivity contribution in [2.24, 2.45) is 5.92 Å². The Morgan fingerprint density at radius 3 is 2.44 bits per heavy atom. The number of ketones is 1. The molecule has 10 heteroatoms. The van der Waals surface area contributed by atoms with E-state index in [4.69, 9.17) is 4.74 Å². The summed E-state index contributed by atoms with van der Waals surface area (Å²) in [6, 6.07) is 8.04. The molecular weight excluding hydrogens is 441 g/mol. The number of nitrogens with zero attached hydrogens (tertiary/aromatic N) is 5. The molecule has 9 nitrogen and oxygen atoms in total. The van der Waals surface area contributed by atoms with Crippen LogP contribution in [0.1, 0.15) is 39.4 Å². The highest BCUT2D eigenvalue weighted by molar-refractivity contribution is 6.42. The van der Waals surface area contributed by atoms with Gasteiger partial charge in [0.1, 0.15) is 11.5 Å². The van der Waals surface area contributed by atoms with Crippen LogP contribution in [0.25, 0.3) is 5.65 Å². The Morgan fingerprint density at radius 1 is 1.15 bits per heavy atom. The second-order valence-corrected chi connectivity index (χ2v) is 8.57. The van der Waals surface area contributed by atoms with Gasteiger partial charge in [0.25, 0.3) is 17.6 Å². The summed E-state index contributed by atoms with van der Waals surface area (Å²) in [6.07, 6.45) is 3.70. The number of halogens is 1. The lowest BCUT2D eigenvalue weighted by Gasteiger charge is -2.32. The minimum atomic E-state index is -0.768. The SMILES string of the molecule is COc1cc2ncc(C(=O)C(=O)N(C)C)n2nc1C(=O)N1CCC(Cc2ccc(F)cc2)CC1. The number of rotatable bonds is 6. The molecule has 1 saturated heterocycles.